The van der Waals surface area contributed by atoms with Crippen LogP contribution in [-0.4, -0.2) is 20.1 Å². The van der Waals surface area contributed by atoms with E-state index in [1.165, 1.54) is 12.1 Å². The number of carbonyl (C=O) groups excluding carboxylic acids is 1. The van der Waals surface area contributed by atoms with Crippen LogP contribution in [0.25, 0.3) is 0 Å². The number of nitrogens with one attached hydrogen (secondary N) is 1. The van der Waals surface area contributed by atoms with Crippen molar-refractivity contribution in [2.24, 2.45) is 0 Å². The van der Waals surface area contributed by atoms with E-state index in [9.17, 15) is 26.4 Å². The van der Waals surface area contributed by atoms with Crippen molar-refractivity contribution in [3.63, 3.8) is 0 Å². The summed E-state index contributed by atoms with van der Waals surface area (Å²) in [6, 6.07) is 9.86. The first-order valence-electron chi connectivity index (χ1n) is 7.48. The molecule has 132 valence electrons. The Morgan fingerprint density at radius 1 is 1.08 bits per heavy atom. The van der Waals surface area contributed by atoms with Gasteiger partial charge in [0.25, 0.3) is 5.91 Å². The second-order valence-corrected chi connectivity index (χ2v) is 7.83. The van der Waals surface area contributed by atoms with Crippen molar-refractivity contribution in [2.45, 2.75) is 23.5 Å². The molecule has 0 aliphatic carbocycles. The number of amides is 1. The van der Waals surface area contributed by atoms with Crippen LogP contribution in [0.15, 0.2) is 53.4 Å². The fourth-order valence-corrected chi connectivity index (χ4v) is 4.44. The van der Waals surface area contributed by atoms with Gasteiger partial charge in [-0.15, -0.1) is 0 Å². The van der Waals surface area contributed by atoms with Crippen LogP contribution in [0.4, 0.5) is 13.2 Å². The Balaban J connectivity index is 1.88. The second-order valence-electron chi connectivity index (χ2n) is 5.75. The first-order valence-corrected chi connectivity index (χ1v) is 9.13. The summed E-state index contributed by atoms with van der Waals surface area (Å²) in [7, 11) is -3.40. The first-order chi connectivity index (χ1) is 11.7. The van der Waals surface area contributed by atoms with Crippen molar-refractivity contribution < 1.29 is 26.4 Å². The highest BCUT2D eigenvalue weighted by Gasteiger charge is 2.33. The number of fused-ring (bicyclic) bond motifs is 1. The van der Waals surface area contributed by atoms with Crippen molar-refractivity contribution in [1.29, 1.82) is 0 Å². The molecule has 0 saturated carbocycles. The molecule has 1 heterocycles. The van der Waals surface area contributed by atoms with E-state index in [0.717, 1.165) is 18.2 Å². The van der Waals surface area contributed by atoms with Crippen LogP contribution in [0.2, 0.25) is 0 Å². The maximum atomic E-state index is 12.8. The van der Waals surface area contributed by atoms with Gasteiger partial charge in [-0.3, -0.25) is 4.79 Å². The highest BCUT2D eigenvalue weighted by atomic mass is 32.2. The fourth-order valence-electron chi connectivity index (χ4n) is 2.82. The molecule has 1 aliphatic rings. The van der Waals surface area contributed by atoms with E-state index >= 15 is 0 Å². The van der Waals surface area contributed by atoms with E-state index in [2.05, 4.69) is 5.32 Å². The topological polar surface area (TPSA) is 63.2 Å². The predicted molar refractivity (Wildman–Crippen MR) is 84.8 cm³/mol. The van der Waals surface area contributed by atoms with Crippen molar-refractivity contribution in [1.82, 2.24) is 5.32 Å². The Morgan fingerprint density at radius 2 is 1.80 bits per heavy atom. The normalized spacial score (nSPS) is 19.1. The Bertz CT molecular complexity index is 923. The van der Waals surface area contributed by atoms with E-state index in [1.807, 2.05) is 0 Å². The van der Waals surface area contributed by atoms with Crippen molar-refractivity contribution in [3.8, 4) is 0 Å². The van der Waals surface area contributed by atoms with Gasteiger partial charge in [0.2, 0.25) is 0 Å². The minimum atomic E-state index is -4.54. The minimum Gasteiger partial charge on any atom is -0.345 e. The van der Waals surface area contributed by atoms with Gasteiger partial charge in [-0.2, -0.15) is 13.2 Å². The molecule has 0 spiro atoms. The van der Waals surface area contributed by atoms with Crippen molar-refractivity contribution in [3.05, 3.63) is 65.2 Å². The number of alkyl halides is 3. The van der Waals surface area contributed by atoms with Crippen LogP contribution in [0.3, 0.4) is 0 Å². The zero-order valence-corrected chi connectivity index (χ0v) is 13.7. The summed E-state index contributed by atoms with van der Waals surface area (Å²) in [5.74, 6) is -0.803. The largest absolute Gasteiger partial charge is 0.416 e. The summed E-state index contributed by atoms with van der Waals surface area (Å²) in [4.78, 5) is 12.5. The van der Waals surface area contributed by atoms with Crippen LogP contribution in [0.1, 0.15) is 33.9 Å². The summed E-state index contributed by atoms with van der Waals surface area (Å²) in [6.45, 7) is 0. The Kier molecular flexibility index (Phi) is 4.32. The molecule has 0 saturated heterocycles. The van der Waals surface area contributed by atoms with Crippen LogP contribution in [0.5, 0.6) is 0 Å². The number of halogens is 3. The molecule has 0 radical (unpaired) electrons. The lowest BCUT2D eigenvalue weighted by Crippen LogP contribution is -2.34. The number of rotatable bonds is 2. The molecule has 0 bridgehead atoms. The minimum absolute atomic E-state index is 0.124. The van der Waals surface area contributed by atoms with E-state index in [0.29, 0.717) is 5.56 Å². The lowest BCUT2D eigenvalue weighted by Gasteiger charge is -2.26. The average Bonchev–Trinajstić information content (AvgIpc) is 2.57. The summed E-state index contributed by atoms with van der Waals surface area (Å²) in [6.07, 6.45) is -4.37. The van der Waals surface area contributed by atoms with Gasteiger partial charge < -0.3 is 5.32 Å². The summed E-state index contributed by atoms with van der Waals surface area (Å²) in [5.41, 5.74) is -0.582. The molecule has 1 N–H and O–H groups in total. The van der Waals surface area contributed by atoms with Crippen LogP contribution in [-0.2, 0) is 16.0 Å². The smallest absolute Gasteiger partial charge is 0.345 e. The zero-order valence-electron chi connectivity index (χ0n) is 12.9. The lowest BCUT2D eigenvalue weighted by molar-refractivity contribution is -0.137. The van der Waals surface area contributed by atoms with E-state index in [4.69, 9.17) is 0 Å². The molecule has 1 aliphatic heterocycles. The number of sulfone groups is 1. The number of hydrogen-bond donors (Lipinski definition) is 1. The third-order valence-corrected chi connectivity index (χ3v) is 5.88. The summed E-state index contributed by atoms with van der Waals surface area (Å²) in [5, 5.41) is 2.64. The van der Waals surface area contributed by atoms with Crippen LogP contribution in [0, 0.1) is 0 Å². The molecule has 0 fully saturated rings. The maximum Gasteiger partial charge on any atom is 0.416 e. The quantitative estimate of drug-likeness (QED) is 0.883. The van der Waals surface area contributed by atoms with Gasteiger partial charge in [0.15, 0.2) is 9.84 Å². The van der Waals surface area contributed by atoms with E-state index < -0.39 is 33.5 Å². The molecule has 1 unspecified atom stereocenters. The first kappa shape index (κ1) is 17.5. The molecule has 8 heteroatoms. The van der Waals surface area contributed by atoms with Gasteiger partial charge in [0.1, 0.15) is 0 Å². The molecule has 4 nitrogen and oxygen atoms in total. The fraction of sp³-hybridized carbons (Fsp3) is 0.235. The third kappa shape index (κ3) is 3.53. The van der Waals surface area contributed by atoms with E-state index in [-0.39, 0.29) is 22.6 Å². The average molecular weight is 369 g/mol. The third-order valence-electron chi connectivity index (χ3n) is 4.06. The molecule has 0 aromatic heterocycles. The molecule has 2 aromatic rings. The molecule has 3 rings (SSSR count). The van der Waals surface area contributed by atoms with Crippen molar-refractivity contribution >= 4 is 15.7 Å². The Hall–Kier alpha value is -2.35. The van der Waals surface area contributed by atoms with E-state index in [1.54, 1.807) is 18.2 Å². The van der Waals surface area contributed by atoms with Gasteiger partial charge in [-0.1, -0.05) is 24.3 Å². The van der Waals surface area contributed by atoms with Crippen molar-refractivity contribution in [2.75, 3.05) is 5.75 Å². The Labute approximate surface area is 142 Å². The molecular weight excluding hydrogens is 355 g/mol. The highest BCUT2D eigenvalue weighted by molar-refractivity contribution is 7.91. The predicted octanol–water partition coefficient (Wildman–Crippen LogP) is 3.35. The van der Waals surface area contributed by atoms with Gasteiger partial charge in [0.05, 0.1) is 22.3 Å². The number of carbonyl (C=O) groups is 1. The molecule has 1 atom stereocenters. The molecular formula is C17H14F3NO3S. The maximum absolute atomic E-state index is 12.8. The zero-order chi connectivity index (χ0) is 18.2. The van der Waals surface area contributed by atoms with Gasteiger partial charge in [-0.25, -0.2) is 8.42 Å². The number of hydrogen-bond acceptors (Lipinski definition) is 3. The highest BCUT2D eigenvalue weighted by Crippen LogP contribution is 2.33. The Morgan fingerprint density at radius 3 is 2.52 bits per heavy atom. The summed E-state index contributed by atoms with van der Waals surface area (Å²) < 4.78 is 62.5. The molecule has 1 amide bonds. The van der Waals surface area contributed by atoms with Gasteiger partial charge in [0, 0.05) is 5.56 Å². The number of benzene rings is 2. The molecule has 2 aromatic carbocycles. The van der Waals surface area contributed by atoms with Crippen LogP contribution < -0.4 is 5.32 Å². The SMILES string of the molecule is O=C(NC1CCS(=O)(=O)c2ccccc21)c1cccc(C(F)(F)F)c1. The second kappa shape index (κ2) is 6.18. The monoisotopic (exact) mass is 369 g/mol. The van der Waals surface area contributed by atoms with Crippen LogP contribution >= 0.6 is 0 Å². The summed E-state index contributed by atoms with van der Waals surface area (Å²) >= 11 is 0. The van der Waals surface area contributed by atoms with Gasteiger partial charge >= 0.3 is 6.18 Å². The van der Waals surface area contributed by atoms with Gasteiger partial charge in [-0.05, 0) is 36.2 Å². The molecule has 25 heavy (non-hydrogen) atoms. The lowest BCUT2D eigenvalue weighted by atomic mass is 10.0. The standard InChI is InChI=1S/C17H14F3NO3S/c18-17(19,20)12-5-3-4-11(10-12)16(22)21-14-8-9-25(23,24)15-7-2-1-6-13(14)15/h1-7,10,14H,8-9H2,(H,21,22).